The number of benzene rings is 1. The fourth-order valence-corrected chi connectivity index (χ4v) is 1.48. The summed E-state index contributed by atoms with van der Waals surface area (Å²) in [5.41, 5.74) is 9.75. The van der Waals surface area contributed by atoms with Crippen LogP contribution in [0.3, 0.4) is 0 Å². The summed E-state index contributed by atoms with van der Waals surface area (Å²) in [5.74, 6) is 0.528. The van der Waals surface area contributed by atoms with E-state index in [1.54, 1.807) is 6.07 Å². The Morgan fingerprint density at radius 1 is 1.44 bits per heavy atom. The molecular formula is C11H18N2O3. The second-order valence-electron chi connectivity index (χ2n) is 3.77. The standard InChI is InChI=1S/C11H18N2O3/c1-7-3-8(2)11(10(4-7)13-15)16-6-9(14)5-12/h3-4,9,13-15H,5-6,12H2,1-2H3. The molecule has 0 heterocycles. The van der Waals surface area contributed by atoms with Gasteiger partial charge in [-0.15, -0.1) is 0 Å². The molecule has 16 heavy (non-hydrogen) atoms. The molecule has 1 unspecified atom stereocenters. The minimum atomic E-state index is -0.702. The molecule has 1 rings (SSSR count). The molecule has 1 atom stereocenters. The van der Waals surface area contributed by atoms with Gasteiger partial charge in [-0.05, 0) is 31.0 Å². The summed E-state index contributed by atoms with van der Waals surface area (Å²) < 4.78 is 5.41. The van der Waals surface area contributed by atoms with Crippen LogP contribution in [-0.2, 0) is 0 Å². The van der Waals surface area contributed by atoms with E-state index >= 15 is 0 Å². The number of anilines is 1. The van der Waals surface area contributed by atoms with Crippen LogP contribution >= 0.6 is 0 Å². The van der Waals surface area contributed by atoms with E-state index in [2.05, 4.69) is 5.48 Å². The van der Waals surface area contributed by atoms with Crippen LogP contribution in [0.4, 0.5) is 5.69 Å². The van der Waals surface area contributed by atoms with E-state index in [1.807, 2.05) is 19.9 Å². The Labute approximate surface area is 94.8 Å². The molecule has 0 radical (unpaired) electrons. The number of nitrogens with two attached hydrogens (primary N) is 1. The highest BCUT2D eigenvalue weighted by Crippen LogP contribution is 2.29. The summed E-state index contributed by atoms with van der Waals surface area (Å²) in [7, 11) is 0. The van der Waals surface area contributed by atoms with Gasteiger partial charge in [-0.25, -0.2) is 0 Å². The number of ether oxygens (including phenoxy) is 1. The summed E-state index contributed by atoms with van der Waals surface area (Å²) in [4.78, 5) is 0. The van der Waals surface area contributed by atoms with Crippen molar-refractivity contribution in [3.05, 3.63) is 23.3 Å². The first-order valence-corrected chi connectivity index (χ1v) is 5.10. The second-order valence-corrected chi connectivity index (χ2v) is 3.77. The van der Waals surface area contributed by atoms with E-state index in [1.165, 1.54) is 0 Å². The number of hydrogen-bond donors (Lipinski definition) is 4. The molecular weight excluding hydrogens is 208 g/mol. The van der Waals surface area contributed by atoms with Crippen molar-refractivity contribution in [3.63, 3.8) is 0 Å². The summed E-state index contributed by atoms with van der Waals surface area (Å²) in [6.07, 6.45) is -0.702. The number of hydrogen-bond acceptors (Lipinski definition) is 5. The minimum absolute atomic E-state index is 0.106. The number of nitrogens with one attached hydrogen (secondary N) is 1. The zero-order valence-corrected chi connectivity index (χ0v) is 9.53. The van der Waals surface area contributed by atoms with Crippen LogP contribution in [-0.4, -0.2) is 29.6 Å². The van der Waals surface area contributed by atoms with Gasteiger partial charge in [0.2, 0.25) is 0 Å². The average Bonchev–Trinajstić information content (AvgIpc) is 2.26. The van der Waals surface area contributed by atoms with Crippen molar-refractivity contribution in [2.24, 2.45) is 5.73 Å². The Bertz CT molecular complexity index is 355. The summed E-state index contributed by atoms with van der Waals surface area (Å²) in [6.45, 7) is 4.05. The quantitative estimate of drug-likeness (QED) is 0.558. The Morgan fingerprint density at radius 3 is 2.69 bits per heavy atom. The zero-order valence-electron chi connectivity index (χ0n) is 9.53. The lowest BCUT2D eigenvalue weighted by molar-refractivity contribution is 0.114. The van der Waals surface area contributed by atoms with Crippen LogP contribution < -0.4 is 16.0 Å². The van der Waals surface area contributed by atoms with Crippen LogP contribution in [0.25, 0.3) is 0 Å². The van der Waals surface area contributed by atoms with Gasteiger partial charge in [0.25, 0.3) is 0 Å². The number of aliphatic hydroxyl groups is 1. The maximum Gasteiger partial charge on any atom is 0.147 e. The molecule has 0 aliphatic heterocycles. The third kappa shape index (κ3) is 3.10. The van der Waals surface area contributed by atoms with Crippen molar-refractivity contribution >= 4 is 5.69 Å². The van der Waals surface area contributed by atoms with E-state index in [9.17, 15) is 5.11 Å². The number of aryl methyl sites for hydroxylation is 2. The highest BCUT2D eigenvalue weighted by atomic mass is 16.5. The van der Waals surface area contributed by atoms with Gasteiger partial charge in [0.05, 0.1) is 0 Å². The first-order chi connectivity index (χ1) is 7.58. The predicted octanol–water partition coefficient (Wildman–Crippen LogP) is 0.803. The Morgan fingerprint density at radius 2 is 2.12 bits per heavy atom. The molecule has 0 aliphatic rings. The molecule has 5 nitrogen and oxygen atoms in total. The summed E-state index contributed by atoms with van der Waals surface area (Å²) in [5, 5.41) is 18.3. The molecule has 0 saturated heterocycles. The minimum Gasteiger partial charge on any atom is -0.488 e. The molecule has 5 heteroatoms. The fraction of sp³-hybridized carbons (Fsp3) is 0.455. The maximum atomic E-state index is 9.30. The molecule has 0 saturated carbocycles. The van der Waals surface area contributed by atoms with Crippen molar-refractivity contribution in [2.45, 2.75) is 20.0 Å². The van der Waals surface area contributed by atoms with E-state index < -0.39 is 6.10 Å². The van der Waals surface area contributed by atoms with Gasteiger partial charge in [-0.1, -0.05) is 6.07 Å². The van der Waals surface area contributed by atoms with Crippen LogP contribution in [0.1, 0.15) is 11.1 Å². The van der Waals surface area contributed by atoms with Crippen molar-refractivity contribution in [1.29, 1.82) is 0 Å². The van der Waals surface area contributed by atoms with Gasteiger partial charge in [0, 0.05) is 6.54 Å². The van der Waals surface area contributed by atoms with Gasteiger partial charge in [-0.2, -0.15) is 0 Å². The SMILES string of the molecule is Cc1cc(C)c(OCC(O)CN)c(NO)c1. The lowest BCUT2D eigenvalue weighted by atomic mass is 10.1. The molecule has 90 valence electrons. The molecule has 0 bridgehead atoms. The van der Waals surface area contributed by atoms with E-state index in [0.29, 0.717) is 11.4 Å². The molecule has 0 spiro atoms. The molecule has 1 aromatic carbocycles. The summed E-state index contributed by atoms with van der Waals surface area (Å²) >= 11 is 0. The molecule has 0 aromatic heterocycles. The van der Waals surface area contributed by atoms with Gasteiger partial charge in [0.15, 0.2) is 0 Å². The lowest BCUT2D eigenvalue weighted by Gasteiger charge is -2.16. The van der Waals surface area contributed by atoms with Gasteiger partial charge >= 0.3 is 0 Å². The van der Waals surface area contributed by atoms with Crippen LogP contribution in [0, 0.1) is 13.8 Å². The van der Waals surface area contributed by atoms with Gasteiger partial charge in [0.1, 0.15) is 24.1 Å². The molecule has 0 fully saturated rings. The van der Waals surface area contributed by atoms with Crippen molar-refractivity contribution < 1.29 is 15.1 Å². The monoisotopic (exact) mass is 226 g/mol. The second kappa shape index (κ2) is 5.69. The molecule has 0 aliphatic carbocycles. The van der Waals surface area contributed by atoms with Crippen LogP contribution in [0.5, 0.6) is 5.75 Å². The van der Waals surface area contributed by atoms with Crippen molar-refractivity contribution in [1.82, 2.24) is 0 Å². The molecule has 5 N–H and O–H groups in total. The largest absolute Gasteiger partial charge is 0.488 e. The Hall–Kier alpha value is -1.30. The fourth-order valence-electron chi connectivity index (χ4n) is 1.48. The number of rotatable bonds is 5. The lowest BCUT2D eigenvalue weighted by Crippen LogP contribution is -2.26. The van der Waals surface area contributed by atoms with Gasteiger partial charge < -0.3 is 15.6 Å². The first kappa shape index (κ1) is 12.8. The van der Waals surface area contributed by atoms with Crippen molar-refractivity contribution in [3.8, 4) is 5.75 Å². The van der Waals surface area contributed by atoms with E-state index in [-0.39, 0.29) is 13.2 Å². The van der Waals surface area contributed by atoms with Crippen LogP contribution in [0.2, 0.25) is 0 Å². The number of aliphatic hydroxyl groups excluding tert-OH is 1. The van der Waals surface area contributed by atoms with E-state index in [0.717, 1.165) is 11.1 Å². The van der Waals surface area contributed by atoms with E-state index in [4.69, 9.17) is 15.7 Å². The smallest absolute Gasteiger partial charge is 0.147 e. The first-order valence-electron chi connectivity index (χ1n) is 5.10. The Balaban J connectivity index is 2.85. The van der Waals surface area contributed by atoms with Gasteiger partial charge in [-0.3, -0.25) is 10.7 Å². The normalized spacial score (nSPS) is 12.3. The third-order valence-corrected chi connectivity index (χ3v) is 2.23. The molecule has 0 amide bonds. The topological polar surface area (TPSA) is 87.7 Å². The zero-order chi connectivity index (χ0) is 12.1. The van der Waals surface area contributed by atoms with Crippen molar-refractivity contribution in [2.75, 3.05) is 18.6 Å². The Kier molecular flexibility index (Phi) is 4.54. The predicted molar refractivity (Wildman–Crippen MR) is 61.9 cm³/mol. The maximum absolute atomic E-state index is 9.30. The van der Waals surface area contributed by atoms with Crippen LogP contribution in [0.15, 0.2) is 12.1 Å². The summed E-state index contributed by atoms with van der Waals surface area (Å²) in [6, 6.07) is 3.70. The molecule has 1 aromatic rings. The third-order valence-electron chi connectivity index (χ3n) is 2.23. The highest BCUT2D eigenvalue weighted by Gasteiger charge is 2.10. The highest BCUT2D eigenvalue weighted by molar-refractivity contribution is 5.60. The average molecular weight is 226 g/mol.